The van der Waals surface area contributed by atoms with Crippen LogP contribution in [0.3, 0.4) is 0 Å². The molecular weight excluding hydrogens is 1250 g/mol. The maximum Gasteiger partial charge on any atom is 0.220 e. The van der Waals surface area contributed by atoms with Crippen LogP contribution in [0.15, 0.2) is 0 Å². The molecule has 0 aromatic carbocycles. The predicted molar refractivity (Wildman–Crippen MR) is 388 cm³/mol. The van der Waals surface area contributed by atoms with E-state index < -0.39 is 124 Å². The quantitative estimate of drug-likeness (QED) is 0.0252. The Labute approximate surface area is 595 Å². The maximum atomic E-state index is 13.5. The highest BCUT2D eigenvalue weighted by Gasteiger charge is 2.54. The van der Waals surface area contributed by atoms with Gasteiger partial charge < -0.3 is 89.9 Å². The molecule has 3 heterocycles. The van der Waals surface area contributed by atoms with Gasteiger partial charge in [0.25, 0.3) is 0 Å². The normalized spacial score (nSPS) is 26.6. The number of carbonyl (C=O) groups is 1. The molecule has 12 N–H and O–H groups in total. The average Bonchev–Trinajstić information content (AvgIpc) is 0.785. The Bertz CT molecular complexity index is 1770. The van der Waals surface area contributed by atoms with E-state index in [1.54, 1.807) is 0 Å². The van der Waals surface area contributed by atoms with E-state index in [9.17, 15) is 61.0 Å². The van der Waals surface area contributed by atoms with Crippen LogP contribution in [0.25, 0.3) is 0 Å². The maximum absolute atomic E-state index is 13.5. The van der Waals surface area contributed by atoms with Gasteiger partial charge >= 0.3 is 0 Å². The van der Waals surface area contributed by atoms with Crippen molar-refractivity contribution in [2.45, 2.75) is 471 Å². The standard InChI is InChI=1S/C79H153NO18/c1-3-5-7-9-11-13-15-17-19-21-23-25-27-29-30-31-33-34-36-38-40-42-44-46-48-50-52-54-56-63(84)62(80-67(85)57-55-53-51-49-47-45-43-41-39-37-35-32-28-26-24-22-20-18-16-14-12-10-8-6-4-2)61-93-77-73(91)70(88)75(65(59-82)95-77)98-79-74(92)71(89)76(66(60-83)96-79)97-78-72(90)69(87)68(86)64(58-81)94-78/h62-66,68-79,81-84,86-92H,3-61H2,1-2H3,(H,80,85). The van der Waals surface area contributed by atoms with Crippen molar-refractivity contribution in [3.63, 3.8) is 0 Å². The number of ether oxygens (including phenoxy) is 6. The van der Waals surface area contributed by atoms with Crippen molar-refractivity contribution in [1.82, 2.24) is 5.32 Å². The first-order chi connectivity index (χ1) is 47.8. The number of hydrogen-bond donors (Lipinski definition) is 12. The van der Waals surface area contributed by atoms with E-state index in [-0.39, 0.29) is 18.9 Å². The number of amides is 1. The van der Waals surface area contributed by atoms with Gasteiger partial charge in [-0.25, -0.2) is 0 Å². The third-order valence-electron chi connectivity index (χ3n) is 21.2. The summed E-state index contributed by atoms with van der Waals surface area (Å²) in [5, 5.41) is 121. The van der Waals surface area contributed by atoms with Gasteiger partial charge in [0, 0.05) is 6.42 Å². The van der Waals surface area contributed by atoms with Crippen LogP contribution in [0.1, 0.15) is 367 Å². The number of hydrogen-bond acceptors (Lipinski definition) is 18. The highest BCUT2D eigenvalue weighted by atomic mass is 16.8. The lowest BCUT2D eigenvalue weighted by Gasteiger charge is -2.48. The zero-order chi connectivity index (χ0) is 71.1. The molecule has 17 atom stereocenters. The zero-order valence-corrected chi connectivity index (χ0v) is 62.3. The van der Waals surface area contributed by atoms with Crippen molar-refractivity contribution in [3.8, 4) is 0 Å². The number of unbranched alkanes of at least 4 members (excludes halogenated alkanes) is 51. The summed E-state index contributed by atoms with van der Waals surface area (Å²) in [5.74, 6) is -0.232. The van der Waals surface area contributed by atoms with Crippen LogP contribution < -0.4 is 5.32 Å². The van der Waals surface area contributed by atoms with Gasteiger partial charge in [-0.15, -0.1) is 0 Å². The molecule has 17 unspecified atom stereocenters. The molecule has 19 nitrogen and oxygen atoms in total. The van der Waals surface area contributed by atoms with Gasteiger partial charge in [-0.2, -0.15) is 0 Å². The van der Waals surface area contributed by atoms with Gasteiger partial charge in [0.1, 0.15) is 73.2 Å². The van der Waals surface area contributed by atoms with Crippen molar-refractivity contribution in [2.75, 3.05) is 26.4 Å². The number of aliphatic hydroxyl groups excluding tert-OH is 11. The monoisotopic (exact) mass is 1400 g/mol. The summed E-state index contributed by atoms with van der Waals surface area (Å²) in [5.41, 5.74) is 0. The molecule has 0 aromatic rings. The van der Waals surface area contributed by atoms with Crippen molar-refractivity contribution in [1.29, 1.82) is 0 Å². The topological polar surface area (TPSA) is 307 Å². The van der Waals surface area contributed by atoms with Crippen LogP contribution in [-0.2, 0) is 33.2 Å². The van der Waals surface area contributed by atoms with Crippen molar-refractivity contribution in [3.05, 3.63) is 0 Å². The molecule has 0 radical (unpaired) electrons. The SMILES string of the molecule is CCCCCCCCCCCCCCCCCCCCCCCCCCCCCCC(O)C(COC1OC(CO)C(OC2OC(CO)C(OC3OC(CO)C(O)C(O)C3O)C(O)C2O)C(O)C1O)NC(=O)CCCCCCCCCCCCCCCCCCCCCCCCCCC. The number of rotatable bonds is 67. The fourth-order valence-corrected chi connectivity index (χ4v) is 14.6. The predicted octanol–water partition coefficient (Wildman–Crippen LogP) is 13.8. The van der Waals surface area contributed by atoms with E-state index in [1.807, 2.05) is 0 Å². The molecule has 3 fully saturated rings. The molecule has 0 saturated carbocycles. The second kappa shape index (κ2) is 61.0. The van der Waals surface area contributed by atoms with E-state index in [1.165, 1.54) is 289 Å². The minimum Gasteiger partial charge on any atom is -0.394 e. The van der Waals surface area contributed by atoms with Crippen LogP contribution in [0, 0.1) is 0 Å². The molecular formula is C79H153NO18. The molecule has 3 saturated heterocycles. The van der Waals surface area contributed by atoms with E-state index in [0.717, 1.165) is 44.9 Å². The third-order valence-corrected chi connectivity index (χ3v) is 21.2. The highest BCUT2D eigenvalue weighted by Crippen LogP contribution is 2.33. The summed E-state index contributed by atoms with van der Waals surface area (Å²) in [6.45, 7) is 1.88. The van der Waals surface area contributed by atoms with Crippen molar-refractivity contribution < 1.29 is 89.4 Å². The minimum atomic E-state index is -1.97. The van der Waals surface area contributed by atoms with E-state index in [2.05, 4.69) is 19.2 Å². The molecule has 1 amide bonds. The van der Waals surface area contributed by atoms with E-state index >= 15 is 0 Å². The van der Waals surface area contributed by atoms with Crippen LogP contribution >= 0.6 is 0 Å². The number of carbonyl (C=O) groups excluding carboxylic acids is 1. The lowest BCUT2D eigenvalue weighted by molar-refractivity contribution is -0.379. The fourth-order valence-electron chi connectivity index (χ4n) is 14.6. The Kier molecular flexibility index (Phi) is 56.6. The summed E-state index contributed by atoms with van der Waals surface area (Å²) in [6, 6.07) is -0.883. The zero-order valence-electron chi connectivity index (χ0n) is 62.3. The van der Waals surface area contributed by atoms with Crippen LogP contribution in [0.5, 0.6) is 0 Å². The summed E-state index contributed by atoms with van der Waals surface area (Å²) in [4.78, 5) is 13.5. The Morgan fingerprint density at radius 1 is 0.327 bits per heavy atom. The molecule has 0 aromatic heterocycles. The summed E-state index contributed by atoms with van der Waals surface area (Å²) >= 11 is 0. The molecule has 3 aliphatic heterocycles. The Morgan fingerprint density at radius 2 is 0.582 bits per heavy atom. The Balaban J connectivity index is 1.36. The highest BCUT2D eigenvalue weighted by molar-refractivity contribution is 5.76. The number of nitrogens with one attached hydrogen (secondary N) is 1. The van der Waals surface area contributed by atoms with Crippen molar-refractivity contribution in [2.24, 2.45) is 0 Å². The fraction of sp³-hybridized carbons (Fsp3) is 0.987. The molecule has 0 bridgehead atoms. The summed E-state index contributed by atoms with van der Waals surface area (Å²) in [6.07, 6.45) is 43.4. The third kappa shape index (κ3) is 40.9. The van der Waals surface area contributed by atoms with Gasteiger partial charge in [0.2, 0.25) is 5.91 Å². The molecule has 98 heavy (non-hydrogen) atoms. The van der Waals surface area contributed by atoms with Gasteiger partial charge in [0.15, 0.2) is 18.9 Å². The van der Waals surface area contributed by atoms with Crippen LogP contribution in [-0.4, -0.2) is 193 Å². The van der Waals surface area contributed by atoms with Gasteiger partial charge in [0.05, 0.1) is 38.6 Å². The second-order valence-corrected chi connectivity index (χ2v) is 30.0. The Hall–Kier alpha value is -1.21. The second-order valence-electron chi connectivity index (χ2n) is 30.0. The van der Waals surface area contributed by atoms with Gasteiger partial charge in [-0.05, 0) is 12.8 Å². The lowest BCUT2D eigenvalue weighted by atomic mass is 9.96. The number of aliphatic hydroxyl groups is 11. The lowest BCUT2D eigenvalue weighted by Crippen LogP contribution is -2.66. The van der Waals surface area contributed by atoms with E-state index in [4.69, 9.17) is 28.4 Å². The first-order valence-corrected chi connectivity index (χ1v) is 41.3. The largest absolute Gasteiger partial charge is 0.394 e. The Morgan fingerprint density at radius 3 is 0.888 bits per heavy atom. The smallest absolute Gasteiger partial charge is 0.220 e. The van der Waals surface area contributed by atoms with Gasteiger partial charge in [-0.1, -0.05) is 348 Å². The molecule has 3 rings (SSSR count). The average molecular weight is 1410 g/mol. The van der Waals surface area contributed by atoms with E-state index in [0.29, 0.717) is 12.8 Å². The van der Waals surface area contributed by atoms with Crippen molar-refractivity contribution >= 4 is 5.91 Å². The minimum absolute atomic E-state index is 0.232. The van der Waals surface area contributed by atoms with Gasteiger partial charge in [-0.3, -0.25) is 4.79 Å². The first-order valence-electron chi connectivity index (χ1n) is 41.3. The molecule has 0 aliphatic carbocycles. The van der Waals surface area contributed by atoms with Crippen LogP contribution in [0.4, 0.5) is 0 Å². The first kappa shape index (κ1) is 91.0. The molecule has 19 heteroatoms. The molecule has 0 spiro atoms. The summed E-state index contributed by atoms with van der Waals surface area (Å²) < 4.78 is 34.6. The van der Waals surface area contributed by atoms with Crippen LogP contribution in [0.2, 0.25) is 0 Å². The molecule has 3 aliphatic rings. The molecule has 582 valence electrons. The summed E-state index contributed by atoms with van der Waals surface area (Å²) in [7, 11) is 0.